The molecule has 2 aliphatic rings. The predicted octanol–water partition coefficient (Wildman–Crippen LogP) is 12.1. The predicted molar refractivity (Wildman–Crippen MR) is 228 cm³/mol. The molecule has 1 aliphatic heterocycles. The fourth-order valence-corrected chi connectivity index (χ4v) is 10.2. The molecule has 7 heteroatoms. The van der Waals surface area contributed by atoms with E-state index in [1.54, 1.807) is 0 Å². The van der Waals surface area contributed by atoms with Gasteiger partial charge in [0.05, 0.1) is 36.6 Å². The molecule has 1 fully saturated rings. The Morgan fingerprint density at radius 2 is 1.61 bits per heavy atom. The number of hydrogen-bond acceptors (Lipinski definition) is 4. The third-order valence-corrected chi connectivity index (χ3v) is 13.2. The Hall–Kier alpha value is -4.81. The van der Waals surface area contributed by atoms with Crippen molar-refractivity contribution in [1.82, 2.24) is 14.5 Å². The van der Waals surface area contributed by atoms with Crippen LogP contribution in [-0.2, 0) is 26.5 Å². The van der Waals surface area contributed by atoms with Crippen LogP contribution in [0.5, 0.6) is 5.75 Å². The van der Waals surface area contributed by atoms with E-state index in [9.17, 15) is 0 Å². The van der Waals surface area contributed by atoms with Crippen LogP contribution in [0.15, 0.2) is 120 Å². The topological polar surface area (TPSA) is 53.1 Å². The summed E-state index contributed by atoms with van der Waals surface area (Å²) in [6.45, 7) is 11.8. The van der Waals surface area contributed by atoms with Crippen LogP contribution < -0.4 is 9.92 Å². The fourth-order valence-electron chi connectivity index (χ4n) is 8.61. The van der Waals surface area contributed by atoms with Crippen LogP contribution in [0, 0.1) is 18.1 Å². The second-order valence-corrected chi connectivity index (χ2v) is 21.6. The molecule has 0 bridgehead atoms. The molecule has 1 aliphatic carbocycles. The van der Waals surface area contributed by atoms with E-state index in [1.165, 1.54) is 42.0 Å². The third-order valence-electron chi connectivity index (χ3n) is 11.2. The molecule has 2 atom stereocenters. The summed E-state index contributed by atoms with van der Waals surface area (Å²) < 4.78 is 14.7. The zero-order chi connectivity index (χ0) is 37.7. The average molecular weight is 930 g/mol. The molecule has 0 amide bonds. The van der Waals surface area contributed by atoms with Crippen LogP contribution >= 0.6 is 0 Å². The van der Waals surface area contributed by atoms with Gasteiger partial charge in [0, 0.05) is 43.7 Å². The summed E-state index contributed by atoms with van der Waals surface area (Å²) in [5, 5.41) is 3.67. The first kappa shape index (κ1) is 38.1. The summed E-state index contributed by atoms with van der Waals surface area (Å²) in [6, 6.07) is 44.1. The molecule has 1 saturated carbocycles. The van der Waals surface area contributed by atoms with Crippen LogP contribution in [-0.4, -0.2) is 28.7 Å². The minimum atomic E-state index is -1.42. The second kappa shape index (κ2) is 15.6. The van der Waals surface area contributed by atoms with Gasteiger partial charge >= 0.3 is 0 Å². The second-order valence-electron chi connectivity index (χ2n) is 16.6. The molecule has 10 rings (SSSR count). The Bertz CT molecular complexity index is 2660. The van der Waals surface area contributed by atoms with Crippen molar-refractivity contribution >= 4 is 46.2 Å². The number of nitrogens with zero attached hydrogens (tertiary/aromatic N) is 3. The zero-order valence-corrected chi connectivity index (χ0v) is 36.1. The van der Waals surface area contributed by atoms with Gasteiger partial charge in [-0.25, -0.2) is 0 Å². The van der Waals surface area contributed by atoms with Crippen molar-refractivity contribution < 1.29 is 29.3 Å². The standard InChI is InChI=1S/C25H15N2O.C24H32NOSi.Ir/c1-2-8-18(9-3-1)27-22-12-6-5-11-21(22)26-25(27)17-14-15-20-19-10-4-7-13-23(19)28-24(20)16-17;1-16(2)13-17-14-21(25-15-23(17)27(3,4)5)20-11-8-10-19-18-9-6-7-12-22(18)26-24(19)20;/h1-13,15-16H;8,10,14-16,18,22H,6-7,9,12-13H2,1-5H3;/q2*-1;. The summed E-state index contributed by atoms with van der Waals surface area (Å²) in [4.78, 5) is 9.81. The van der Waals surface area contributed by atoms with Crippen molar-refractivity contribution in [2.75, 3.05) is 0 Å². The molecule has 56 heavy (non-hydrogen) atoms. The van der Waals surface area contributed by atoms with Gasteiger partial charge in [-0.15, -0.1) is 35.9 Å². The Morgan fingerprint density at radius 1 is 0.839 bits per heavy atom. The maximum absolute atomic E-state index is 6.45. The van der Waals surface area contributed by atoms with Gasteiger partial charge in [-0.2, -0.15) is 0 Å². The van der Waals surface area contributed by atoms with E-state index in [-0.39, 0.29) is 20.1 Å². The monoisotopic (exact) mass is 930 g/mol. The smallest absolute Gasteiger partial charge is 0.123 e. The Kier molecular flexibility index (Phi) is 10.6. The molecule has 5 nitrogen and oxygen atoms in total. The van der Waals surface area contributed by atoms with Crippen molar-refractivity contribution in [3.63, 3.8) is 0 Å². The number of hydrogen-bond donors (Lipinski definition) is 0. The van der Waals surface area contributed by atoms with Gasteiger partial charge in [-0.05, 0) is 78.2 Å². The number of ether oxygens (including phenoxy) is 1. The minimum absolute atomic E-state index is 0. The zero-order valence-electron chi connectivity index (χ0n) is 32.7. The van der Waals surface area contributed by atoms with Gasteiger partial charge in [0.15, 0.2) is 0 Å². The van der Waals surface area contributed by atoms with E-state index in [0.29, 0.717) is 17.9 Å². The van der Waals surface area contributed by atoms with Crippen molar-refractivity contribution in [3.05, 3.63) is 139 Å². The van der Waals surface area contributed by atoms with Crippen molar-refractivity contribution in [1.29, 1.82) is 0 Å². The molecule has 8 aromatic rings. The first-order valence-corrected chi connectivity index (χ1v) is 23.3. The number of aromatic nitrogens is 3. The van der Waals surface area contributed by atoms with Crippen molar-refractivity contribution in [3.8, 4) is 34.1 Å². The molecule has 4 heterocycles. The minimum Gasteiger partial charge on any atom is -0.533 e. The molecule has 5 aromatic carbocycles. The van der Waals surface area contributed by atoms with Gasteiger partial charge in [0.25, 0.3) is 0 Å². The molecule has 285 valence electrons. The normalized spacial score (nSPS) is 16.2. The molecule has 0 N–H and O–H groups in total. The van der Waals surface area contributed by atoms with Gasteiger partial charge in [-0.3, -0.25) is 4.98 Å². The van der Waals surface area contributed by atoms with Gasteiger partial charge in [0.1, 0.15) is 5.58 Å². The summed E-state index contributed by atoms with van der Waals surface area (Å²) in [5.74, 6) is 3.12. The van der Waals surface area contributed by atoms with Gasteiger partial charge < -0.3 is 18.7 Å². The molecule has 0 saturated heterocycles. The van der Waals surface area contributed by atoms with Crippen LogP contribution in [0.25, 0.3) is 61.3 Å². The fraction of sp³-hybridized carbons (Fsp3) is 0.265. The third kappa shape index (κ3) is 7.17. The maximum atomic E-state index is 6.45. The SMILES string of the molecule is CC(C)Cc1cc(-c2[c-]ccc3c2OC2CCCCC32)ncc1[Si](C)(C)C.[Ir].[c-]1cc2c(cc1-c1nc3ccccc3n1-c1ccccc1)oc1ccccc12. The molecular formula is C49H47IrN3O2Si-2. The van der Waals surface area contributed by atoms with Crippen molar-refractivity contribution in [2.45, 2.75) is 77.6 Å². The first-order valence-electron chi connectivity index (χ1n) is 19.8. The summed E-state index contributed by atoms with van der Waals surface area (Å²) >= 11 is 0. The number of para-hydroxylation sites is 4. The van der Waals surface area contributed by atoms with E-state index < -0.39 is 8.07 Å². The summed E-state index contributed by atoms with van der Waals surface area (Å²) in [7, 11) is -1.42. The molecule has 0 spiro atoms. The Balaban J connectivity index is 0.000000155. The van der Waals surface area contributed by atoms with E-state index in [1.807, 2.05) is 66.7 Å². The van der Waals surface area contributed by atoms with Crippen LogP contribution in [0.4, 0.5) is 0 Å². The van der Waals surface area contributed by atoms with E-state index in [4.69, 9.17) is 19.1 Å². The molecule has 2 unspecified atom stereocenters. The van der Waals surface area contributed by atoms with E-state index in [2.05, 4.69) is 98.8 Å². The quantitative estimate of drug-likeness (QED) is 0.123. The number of imidazole rings is 1. The van der Waals surface area contributed by atoms with E-state index >= 15 is 0 Å². The molecular weight excluding hydrogens is 883 g/mol. The van der Waals surface area contributed by atoms with Crippen LogP contribution in [0.2, 0.25) is 19.6 Å². The summed E-state index contributed by atoms with van der Waals surface area (Å²) in [5.41, 5.74) is 10.7. The molecule has 1 radical (unpaired) electrons. The summed E-state index contributed by atoms with van der Waals surface area (Å²) in [6.07, 6.45) is 8.65. The number of pyridine rings is 1. The first-order chi connectivity index (χ1) is 26.7. The number of fused-ring (bicyclic) bond motifs is 7. The van der Waals surface area contributed by atoms with Crippen LogP contribution in [0.3, 0.4) is 0 Å². The average Bonchev–Trinajstić information content (AvgIpc) is 3.89. The maximum Gasteiger partial charge on any atom is 0.123 e. The van der Waals surface area contributed by atoms with Gasteiger partial charge in [0.2, 0.25) is 0 Å². The van der Waals surface area contributed by atoms with Crippen molar-refractivity contribution in [2.24, 2.45) is 5.92 Å². The number of rotatable bonds is 6. The van der Waals surface area contributed by atoms with E-state index in [0.717, 1.165) is 73.5 Å². The Labute approximate surface area is 344 Å². The molecule has 3 aromatic heterocycles. The Morgan fingerprint density at radius 3 is 2.43 bits per heavy atom. The van der Waals surface area contributed by atoms with Crippen LogP contribution in [0.1, 0.15) is 56.6 Å². The number of furan rings is 1. The number of benzene rings is 5. The van der Waals surface area contributed by atoms with Gasteiger partial charge in [-0.1, -0.05) is 123 Å². The largest absolute Gasteiger partial charge is 0.533 e.